The van der Waals surface area contributed by atoms with Gasteiger partial charge in [-0.1, -0.05) is 62.7 Å². The van der Waals surface area contributed by atoms with Crippen LogP contribution in [0.25, 0.3) is 27.6 Å². The number of nitrogens with one attached hydrogen (secondary N) is 3. The first-order valence-electron chi connectivity index (χ1n) is 13.6. The molecule has 0 saturated carbocycles. The van der Waals surface area contributed by atoms with Crippen LogP contribution in [0.15, 0.2) is 83.8 Å². The number of anilines is 2. The number of aromatic nitrogens is 5. The monoisotopic (exact) mass is 561 g/mol. The van der Waals surface area contributed by atoms with Crippen LogP contribution >= 0.6 is 0 Å². The summed E-state index contributed by atoms with van der Waals surface area (Å²) >= 11 is 0. The molecule has 3 N–H and O–H groups in total. The van der Waals surface area contributed by atoms with Gasteiger partial charge in [-0.2, -0.15) is 5.10 Å². The van der Waals surface area contributed by atoms with Crippen LogP contribution in [-0.4, -0.2) is 30.3 Å². The smallest absolute Gasteiger partial charge is 0.327 e. The van der Waals surface area contributed by atoms with Crippen molar-refractivity contribution in [3.05, 3.63) is 101 Å². The molecule has 0 aliphatic rings. The number of nitrogens with zero attached hydrogens (tertiary/aromatic N) is 4. The number of aromatic amines is 1. The highest BCUT2D eigenvalue weighted by Gasteiger charge is 2.22. The normalized spacial score (nSPS) is 11.6. The molecule has 0 aliphatic carbocycles. The molecular weight excluding hydrogens is 530 g/mol. The Morgan fingerprint density at radius 1 is 0.929 bits per heavy atom. The topological polar surface area (TPSA) is 119 Å². The van der Waals surface area contributed by atoms with E-state index in [1.54, 1.807) is 36.1 Å². The van der Waals surface area contributed by atoms with E-state index in [0.29, 0.717) is 34.2 Å². The number of amides is 2. The van der Waals surface area contributed by atoms with Crippen LogP contribution in [0, 0.1) is 6.92 Å². The second kappa shape index (κ2) is 10.2. The average Bonchev–Trinajstić information content (AvgIpc) is 3.51. The van der Waals surface area contributed by atoms with E-state index in [-0.39, 0.29) is 11.1 Å². The summed E-state index contributed by atoms with van der Waals surface area (Å²) in [6.45, 7) is 8.28. The van der Waals surface area contributed by atoms with Gasteiger partial charge in [0.2, 0.25) is 0 Å². The van der Waals surface area contributed by atoms with Crippen molar-refractivity contribution < 1.29 is 9.53 Å². The number of hydrogen-bond acceptors (Lipinski definition) is 5. The molecule has 2 amide bonds. The van der Waals surface area contributed by atoms with Crippen molar-refractivity contribution in [1.29, 1.82) is 0 Å². The van der Waals surface area contributed by atoms with Crippen LogP contribution in [0.2, 0.25) is 0 Å². The number of ether oxygens (including phenoxy) is 1. The van der Waals surface area contributed by atoms with Crippen molar-refractivity contribution in [2.24, 2.45) is 7.05 Å². The van der Waals surface area contributed by atoms with Gasteiger partial charge in [-0.25, -0.2) is 19.3 Å². The molecule has 6 rings (SSSR count). The molecule has 10 heteroatoms. The zero-order valence-electron chi connectivity index (χ0n) is 24.0. The van der Waals surface area contributed by atoms with Crippen molar-refractivity contribution >= 4 is 39.5 Å². The lowest BCUT2D eigenvalue weighted by atomic mass is 9.92. The fourth-order valence-electron chi connectivity index (χ4n) is 4.75. The Kier molecular flexibility index (Phi) is 6.53. The second-order valence-electron chi connectivity index (χ2n) is 11.2. The molecule has 42 heavy (non-hydrogen) atoms. The fourth-order valence-corrected chi connectivity index (χ4v) is 4.75. The molecule has 0 aliphatic heterocycles. The molecule has 0 spiro atoms. The standard InChI is InChI=1S/C32H31N7O3/c1-19-10-12-20(13-11-19)39-27(18-26(37-39)32(2,3)4)35-30(40)34-23-14-15-24(22-9-7-6-8-21(22)23)42-25-16-17-33-29-28(25)36-31(41)38(29)5/h6-18H,1-5H3,(H,36,41)(H2,34,35,40). The number of carbonyl (C=O) groups is 1. The highest BCUT2D eigenvalue weighted by Crippen LogP contribution is 2.36. The minimum Gasteiger partial charge on any atom is -0.454 e. The van der Waals surface area contributed by atoms with Crippen molar-refractivity contribution in [2.75, 3.05) is 10.6 Å². The average molecular weight is 562 g/mol. The molecule has 10 nitrogen and oxygen atoms in total. The van der Waals surface area contributed by atoms with E-state index in [4.69, 9.17) is 9.84 Å². The summed E-state index contributed by atoms with van der Waals surface area (Å²) in [4.78, 5) is 32.6. The summed E-state index contributed by atoms with van der Waals surface area (Å²) in [6.07, 6.45) is 1.60. The second-order valence-corrected chi connectivity index (χ2v) is 11.2. The van der Waals surface area contributed by atoms with Gasteiger partial charge in [-0.05, 0) is 31.2 Å². The van der Waals surface area contributed by atoms with Gasteiger partial charge in [0.1, 0.15) is 17.1 Å². The first-order valence-corrected chi connectivity index (χ1v) is 13.6. The molecular formula is C32H31N7O3. The summed E-state index contributed by atoms with van der Waals surface area (Å²) in [7, 11) is 1.65. The highest BCUT2D eigenvalue weighted by atomic mass is 16.5. The molecule has 0 unspecified atom stereocenters. The van der Waals surface area contributed by atoms with Crippen LogP contribution in [-0.2, 0) is 12.5 Å². The summed E-state index contributed by atoms with van der Waals surface area (Å²) in [5.41, 5.74) is 3.98. The fraction of sp³-hybridized carbons (Fsp3) is 0.188. The van der Waals surface area contributed by atoms with Crippen molar-refractivity contribution in [3.8, 4) is 17.2 Å². The number of hydrogen-bond donors (Lipinski definition) is 3. The molecule has 3 aromatic heterocycles. The Morgan fingerprint density at radius 3 is 2.40 bits per heavy atom. The van der Waals surface area contributed by atoms with Gasteiger partial charge in [0, 0.05) is 41.6 Å². The lowest BCUT2D eigenvalue weighted by Gasteiger charge is -2.14. The van der Waals surface area contributed by atoms with E-state index >= 15 is 0 Å². The minimum absolute atomic E-state index is 0.206. The van der Waals surface area contributed by atoms with Crippen LogP contribution in [0.4, 0.5) is 16.3 Å². The van der Waals surface area contributed by atoms with E-state index in [2.05, 4.69) is 41.4 Å². The SMILES string of the molecule is Cc1ccc(-n2nc(C(C)(C)C)cc2NC(=O)Nc2ccc(Oc3ccnc4c3[nH]c(=O)n4C)c3ccccc23)cc1. The Morgan fingerprint density at radius 2 is 1.67 bits per heavy atom. The minimum atomic E-state index is -0.403. The number of rotatable bonds is 5. The number of urea groups is 1. The number of imidazole rings is 1. The number of aryl methyl sites for hydroxylation is 2. The van der Waals surface area contributed by atoms with Gasteiger partial charge in [0.15, 0.2) is 11.4 Å². The zero-order chi connectivity index (χ0) is 29.6. The molecule has 0 fully saturated rings. The molecule has 3 heterocycles. The van der Waals surface area contributed by atoms with Crippen molar-refractivity contribution in [1.82, 2.24) is 24.3 Å². The van der Waals surface area contributed by atoms with Gasteiger partial charge in [0.05, 0.1) is 17.1 Å². The lowest BCUT2D eigenvalue weighted by molar-refractivity contribution is 0.262. The van der Waals surface area contributed by atoms with Gasteiger partial charge in [-0.3, -0.25) is 9.88 Å². The van der Waals surface area contributed by atoms with Gasteiger partial charge in [-0.15, -0.1) is 0 Å². The van der Waals surface area contributed by atoms with Crippen LogP contribution in [0.3, 0.4) is 0 Å². The van der Waals surface area contributed by atoms with Crippen LogP contribution < -0.4 is 21.1 Å². The molecule has 0 saturated heterocycles. The predicted molar refractivity (Wildman–Crippen MR) is 165 cm³/mol. The third kappa shape index (κ3) is 4.98. The summed E-state index contributed by atoms with van der Waals surface area (Å²) < 4.78 is 9.45. The maximum atomic E-state index is 13.3. The van der Waals surface area contributed by atoms with E-state index < -0.39 is 6.03 Å². The predicted octanol–water partition coefficient (Wildman–Crippen LogP) is 6.64. The van der Waals surface area contributed by atoms with Crippen molar-refractivity contribution in [3.63, 3.8) is 0 Å². The summed E-state index contributed by atoms with van der Waals surface area (Å²) in [5.74, 6) is 1.60. The van der Waals surface area contributed by atoms with Crippen LogP contribution in [0.1, 0.15) is 32.0 Å². The third-order valence-corrected chi connectivity index (χ3v) is 7.10. The van der Waals surface area contributed by atoms with E-state index in [1.165, 1.54) is 4.57 Å². The van der Waals surface area contributed by atoms with E-state index in [0.717, 1.165) is 27.7 Å². The molecule has 0 radical (unpaired) electrons. The number of carbonyl (C=O) groups excluding carboxylic acids is 1. The lowest BCUT2D eigenvalue weighted by Crippen LogP contribution is -2.21. The van der Waals surface area contributed by atoms with Crippen molar-refractivity contribution in [2.45, 2.75) is 33.1 Å². The van der Waals surface area contributed by atoms with Gasteiger partial charge >= 0.3 is 11.7 Å². The van der Waals surface area contributed by atoms with Crippen LogP contribution in [0.5, 0.6) is 11.5 Å². The van der Waals surface area contributed by atoms with Gasteiger partial charge in [0.25, 0.3) is 0 Å². The molecule has 0 bridgehead atoms. The number of benzene rings is 3. The Labute approximate surface area is 242 Å². The first-order chi connectivity index (χ1) is 20.1. The van der Waals surface area contributed by atoms with E-state index in [1.807, 2.05) is 61.5 Å². The maximum absolute atomic E-state index is 13.3. The Bertz CT molecular complexity index is 2010. The summed E-state index contributed by atoms with van der Waals surface area (Å²) in [6, 6.07) is 22.4. The van der Waals surface area contributed by atoms with Gasteiger partial charge < -0.3 is 15.0 Å². The first kappa shape index (κ1) is 26.8. The highest BCUT2D eigenvalue weighted by molar-refractivity contribution is 6.07. The maximum Gasteiger partial charge on any atom is 0.327 e. The summed E-state index contributed by atoms with van der Waals surface area (Å²) in [5, 5.41) is 12.4. The third-order valence-electron chi connectivity index (χ3n) is 7.10. The Balaban J connectivity index is 1.30. The largest absolute Gasteiger partial charge is 0.454 e. The zero-order valence-corrected chi connectivity index (χ0v) is 24.0. The quantitative estimate of drug-likeness (QED) is 0.218. The molecule has 6 aromatic rings. The number of H-pyrrole nitrogens is 1. The Hall–Kier alpha value is -5.38. The molecule has 0 atom stereocenters. The molecule has 3 aromatic carbocycles. The molecule has 212 valence electrons. The number of pyridine rings is 1. The number of fused-ring (bicyclic) bond motifs is 2. The van der Waals surface area contributed by atoms with E-state index in [9.17, 15) is 9.59 Å².